The Kier molecular flexibility index (Phi) is 11.1. The van der Waals surface area contributed by atoms with Gasteiger partial charge < -0.3 is 9.47 Å². The average Bonchev–Trinajstić information content (AvgIpc) is 2.65. The van der Waals surface area contributed by atoms with E-state index in [9.17, 15) is 0 Å². The predicted molar refractivity (Wildman–Crippen MR) is 114 cm³/mol. The second-order valence-corrected chi connectivity index (χ2v) is 8.30. The van der Waals surface area contributed by atoms with Crippen molar-refractivity contribution < 1.29 is 9.47 Å². The molecule has 10 heteroatoms. The minimum absolute atomic E-state index is 0.313. The van der Waals surface area contributed by atoms with Gasteiger partial charge in [0, 0.05) is 23.9 Å². The van der Waals surface area contributed by atoms with Crippen molar-refractivity contribution in [2.45, 2.75) is 11.5 Å². The summed E-state index contributed by atoms with van der Waals surface area (Å²) < 4.78 is 13.8. The summed E-state index contributed by atoms with van der Waals surface area (Å²) in [5.41, 5.74) is 2.09. The van der Waals surface area contributed by atoms with Crippen LogP contribution < -0.4 is 9.47 Å². The van der Waals surface area contributed by atoms with Crippen LogP contribution in [0.25, 0.3) is 0 Å². The molecule has 0 aromatic carbocycles. The van der Waals surface area contributed by atoms with Crippen LogP contribution in [0.1, 0.15) is 11.1 Å². The van der Waals surface area contributed by atoms with Gasteiger partial charge in [-0.2, -0.15) is 21.4 Å². The van der Waals surface area contributed by atoms with E-state index in [2.05, 4.69) is 14.3 Å². The van der Waals surface area contributed by atoms with Gasteiger partial charge in [0.15, 0.2) is 21.8 Å². The van der Waals surface area contributed by atoms with Gasteiger partial charge >= 0.3 is 0 Å². The van der Waals surface area contributed by atoms with Gasteiger partial charge in [-0.15, -0.1) is 0 Å². The predicted octanol–water partition coefficient (Wildman–Crippen LogP) is 4.76. The second-order valence-electron chi connectivity index (χ2n) is 5.04. The van der Waals surface area contributed by atoms with E-state index in [4.69, 9.17) is 37.9 Å². The molecule has 1 atom stereocenters. The number of nitriles is 1. The molecule has 27 heavy (non-hydrogen) atoms. The lowest BCUT2D eigenvalue weighted by atomic mass is 10.3. The van der Waals surface area contributed by atoms with Crippen molar-refractivity contribution in [3.63, 3.8) is 0 Å². The summed E-state index contributed by atoms with van der Waals surface area (Å²) in [6.07, 6.45) is 9.16. The number of aromatic nitrogens is 2. The van der Waals surface area contributed by atoms with E-state index in [-0.39, 0.29) is 10.7 Å². The summed E-state index contributed by atoms with van der Waals surface area (Å²) in [6, 6.07) is 3.72. The van der Waals surface area contributed by atoms with Crippen LogP contribution >= 0.6 is 35.0 Å². The van der Waals surface area contributed by atoms with Crippen molar-refractivity contribution in [2.75, 3.05) is 26.7 Å². The van der Waals surface area contributed by atoms with Crippen molar-refractivity contribution in [3.8, 4) is 17.7 Å². The molecule has 0 aliphatic rings. The molecule has 146 valence electrons. The minimum Gasteiger partial charge on any atom is -0.494 e. The molecule has 0 N–H and O–H groups in total. The Labute approximate surface area is 176 Å². The summed E-state index contributed by atoms with van der Waals surface area (Å²) in [7, 11) is 2.82. The normalized spacial score (nSPS) is 11.1. The van der Waals surface area contributed by atoms with E-state index >= 15 is 0 Å². The Bertz CT molecular complexity index is 829. The highest BCUT2D eigenvalue weighted by atomic mass is 35.5. The summed E-state index contributed by atoms with van der Waals surface area (Å²) in [6.45, 7) is 0. The molecule has 2 aromatic rings. The van der Waals surface area contributed by atoms with Gasteiger partial charge in [-0.1, -0.05) is 33.9 Å². The lowest BCUT2D eigenvalue weighted by molar-refractivity contribution is 0.412. The standard InChI is InChI=1S/C9H10ClN3OS.C8H10ClNOS/c1-14-8-3-7(4-12-9(8)10)5-15(2)13-6-11;1-11-7-3-6(5-12-2)4-10-8(7)9/h3-4H,5H2,1-2H3;3-4H,5H2,1-2H3. The zero-order valence-electron chi connectivity index (χ0n) is 15.4. The van der Waals surface area contributed by atoms with Gasteiger partial charge in [0.2, 0.25) is 6.19 Å². The Morgan fingerprint density at radius 3 is 2.11 bits per heavy atom. The number of methoxy groups -OCH3 is 2. The Balaban J connectivity index is 0.000000277. The summed E-state index contributed by atoms with van der Waals surface area (Å²) >= 11 is 13.3. The molecule has 1 unspecified atom stereocenters. The van der Waals surface area contributed by atoms with Crippen LogP contribution in [-0.4, -0.2) is 36.7 Å². The van der Waals surface area contributed by atoms with Crippen molar-refractivity contribution in [1.29, 1.82) is 5.26 Å². The van der Waals surface area contributed by atoms with E-state index in [0.717, 1.165) is 16.9 Å². The molecule has 0 aliphatic carbocycles. The number of halogens is 2. The van der Waals surface area contributed by atoms with Crippen molar-refractivity contribution in [2.24, 2.45) is 4.36 Å². The van der Waals surface area contributed by atoms with Crippen LogP contribution in [0.3, 0.4) is 0 Å². The van der Waals surface area contributed by atoms with Crippen LogP contribution in [0.15, 0.2) is 28.9 Å². The van der Waals surface area contributed by atoms with E-state index in [1.165, 1.54) is 7.11 Å². The molecule has 0 saturated heterocycles. The minimum atomic E-state index is -0.313. The van der Waals surface area contributed by atoms with Crippen LogP contribution in [0.2, 0.25) is 10.3 Å². The Morgan fingerprint density at radius 2 is 1.63 bits per heavy atom. The molecule has 6 nitrogen and oxygen atoms in total. The number of rotatable bonds is 6. The van der Waals surface area contributed by atoms with Gasteiger partial charge in [-0.05, 0) is 35.8 Å². The first-order chi connectivity index (χ1) is 12.9. The topological polar surface area (TPSA) is 80.4 Å². The zero-order valence-corrected chi connectivity index (χ0v) is 18.5. The lowest BCUT2D eigenvalue weighted by Gasteiger charge is -2.05. The molecule has 0 fully saturated rings. The van der Waals surface area contributed by atoms with Gasteiger partial charge in [0.25, 0.3) is 0 Å². The second kappa shape index (κ2) is 12.8. The van der Waals surface area contributed by atoms with Gasteiger partial charge in [-0.25, -0.2) is 9.97 Å². The van der Waals surface area contributed by atoms with E-state index < -0.39 is 0 Å². The maximum atomic E-state index is 8.39. The number of hydrogen-bond donors (Lipinski definition) is 0. The summed E-state index contributed by atoms with van der Waals surface area (Å²) in [4.78, 5) is 7.98. The molecule has 0 saturated carbocycles. The molecule has 0 amide bonds. The fraction of sp³-hybridized carbons (Fsp3) is 0.353. The quantitative estimate of drug-likeness (QED) is 0.469. The van der Waals surface area contributed by atoms with Crippen molar-refractivity contribution >= 4 is 45.7 Å². The van der Waals surface area contributed by atoms with E-state index in [1.807, 2.05) is 24.6 Å². The first kappa shape index (κ1) is 23.5. The molecule has 0 aliphatic heterocycles. The largest absolute Gasteiger partial charge is 0.494 e. The fourth-order valence-corrected chi connectivity index (χ4v) is 3.59. The molecular weight excluding hydrogens is 427 g/mol. The van der Waals surface area contributed by atoms with Crippen LogP contribution in [0.5, 0.6) is 11.5 Å². The molecule has 2 aromatic heterocycles. The van der Waals surface area contributed by atoms with E-state index in [0.29, 0.717) is 27.6 Å². The molecule has 0 bridgehead atoms. The van der Waals surface area contributed by atoms with Crippen LogP contribution in [-0.2, 0) is 22.2 Å². The highest BCUT2D eigenvalue weighted by Crippen LogP contribution is 2.24. The SMILES string of the molecule is COc1cc(CS(C)=NC#N)cnc1Cl.COc1cc(CSC)cnc1Cl. The third kappa shape index (κ3) is 8.35. The number of nitrogens with zero attached hydrogens (tertiary/aromatic N) is 4. The number of thioether (sulfide) groups is 1. The average molecular weight is 447 g/mol. The van der Waals surface area contributed by atoms with Crippen molar-refractivity contribution in [3.05, 3.63) is 46.0 Å². The summed E-state index contributed by atoms with van der Waals surface area (Å²) in [5.74, 6) is 2.79. The highest BCUT2D eigenvalue weighted by Gasteiger charge is 2.04. The molecule has 0 radical (unpaired) electrons. The van der Waals surface area contributed by atoms with Gasteiger partial charge in [0.1, 0.15) is 0 Å². The first-order valence-corrected chi connectivity index (χ1v) is 11.4. The van der Waals surface area contributed by atoms with Crippen LogP contribution in [0.4, 0.5) is 0 Å². The first-order valence-electron chi connectivity index (χ1n) is 7.53. The number of ether oxygens (including phenoxy) is 2. The highest BCUT2D eigenvalue weighted by molar-refractivity contribution is 7.97. The molecular formula is C17H20Cl2N4O2S2. The fourth-order valence-electron chi connectivity index (χ4n) is 1.89. The Hall–Kier alpha value is -1.53. The van der Waals surface area contributed by atoms with Crippen LogP contribution in [0, 0.1) is 11.5 Å². The third-order valence-corrected chi connectivity index (χ3v) is 5.38. The third-order valence-electron chi connectivity index (χ3n) is 3.05. The smallest absolute Gasteiger partial charge is 0.212 e. The maximum absolute atomic E-state index is 8.39. The number of pyridine rings is 2. The summed E-state index contributed by atoms with van der Waals surface area (Å²) in [5, 5.41) is 9.15. The lowest BCUT2D eigenvalue weighted by Crippen LogP contribution is -1.95. The maximum Gasteiger partial charge on any atom is 0.212 e. The number of hydrogen-bond acceptors (Lipinski definition) is 7. The van der Waals surface area contributed by atoms with E-state index in [1.54, 1.807) is 37.5 Å². The van der Waals surface area contributed by atoms with Gasteiger partial charge in [0.05, 0.1) is 14.2 Å². The Morgan fingerprint density at radius 1 is 1.11 bits per heavy atom. The molecule has 2 heterocycles. The molecule has 2 rings (SSSR count). The zero-order chi connectivity index (χ0) is 20.2. The molecule has 0 spiro atoms. The van der Waals surface area contributed by atoms with Crippen molar-refractivity contribution in [1.82, 2.24) is 9.97 Å². The van der Waals surface area contributed by atoms with Gasteiger partial charge in [-0.3, -0.25) is 0 Å². The monoisotopic (exact) mass is 446 g/mol.